The Morgan fingerprint density at radius 2 is 1.79 bits per heavy atom. The van der Waals surface area contributed by atoms with Gasteiger partial charge in [0, 0.05) is 44.5 Å². The lowest BCUT2D eigenvalue weighted by Crippen LogP contribution is -2.50. The highest BCUT2D eigenvalue weighted by Crippen LogP contribution is 2.16. The predicted octanol–water partition coefficient (Wildman–Crippen LogP) is 1.11. The van der Waals surface area contributed by atoms with E-state index in [2.05, 4.69) is 15.3 Å². The van der Waals surface area contributed by atoms with Gasteiger partial charge in [0.25, 0.3) is 5.56 Å². The fourth-order valence-corrected chi connectivity index (χ4v) is 3.73. The quantitative estimate of drug-likeness (QED) is 0.507. The fourth-order valence-electron chi connectivity index (χ4n) is 3.73. The van der Waals surface area contributed by atoms with Crippen LogP contribution in [-0.2, 0) is 16.0 Å². The Kier molecular flexibility index (Phi) is 6.85. The third-order valence-electron chi connectivity index (χ3n) is 5.49. The lowest BCUT2D eigenvalue weighted by atomic mass is 10.2. The van der Waals surface area contributed by atoms with Gasteiger partial charge in [0.2, 0.25) is 0 Å². The van der Waals surface area contributed by atoms with Crippen LogP contribution in [0.2, 0.25) is 0 Å². The molecule has 0 radical (unpaired) electrons. The topological polar surface area (TPSA) is 136 Å². The SMILES string of the molecule is CCOC(=O)CCc1cn(-c2ccc(-n3ccnn3)cc2)c(=O)c(N2CCN(C(=O)O)CC2)n1. The van der Waals surface area contributed by atoms with Gasteiger partial charge >= 0.3 is 12.1 Å². The van der Waals surface area contributed by atoms with Gasteiger partial charge in [-0.1, -0.05) is 5.21 Å². The molecule has 1 fully saturated rings. The van der Waals surface area contributed by atoms with Crippen molar-refractivity contribution in [2.75, 3.05) is 37.7 Å². The molecule has 12 heteroatoms. The Balaban J connectivity index is 1.66. The summed E-state index contributed by atoms with van der Waals surface area (Å²) in [6.07, 6.45) is 4.38. The maximum Gasteiger partial charge on any atom is 0.407 e. The number of aryl methyl sites for hydroxylation is 1. The number of hydrogen-bond acceptors (Lipinski definition) is 8. The normalized spacial score (nSPS) is 13.7. The molecule has 0 saturated carbocycles. The first-order chi connectivity index (χ1) is 16.5. The van der Waals surface area contributed by atoms with Crippen molar-refractivity contribution in [2.45, 2.75) is 19.8 Å². The largest absolute Gasteiger partial charge is 0.466 e. The van der Waals surface area contributed by atoms with Crippen LogP contribution in [0.25, 0.3) is 11.4 Å². The summed E-state index contributed by atoms with van der Waals surface area (Å²) in [7, 11) is 0. The van der Waals surface area contributed by atoms with Crippen LogP contribution in [0, 0.1) is 0 Å². The number of piperazine rings is 1. The van der Waals surface area contributed by atoms with Gasteiger partial charge in [-0.15, -0.1) is 5.10 Å². The van der Waals surface area contributed by atoms with Crippen molar-refractivity contribution in [3.8, 4) is 11.4 Å². The second kappa shape index (κ2) is 10.1. The van der Waals surface area contributed by atoms with Crippen molar-refractivity contribution in [3.05, 3.63) is 58.9 Å². The van der Waals surface area contributed by atoms with Crippen LogP contribution in [0.1, 0.15) is 19.0 Å². The molecule has 0 spiro atoms. The highest BCUT2D eigenvalue weighted by molar-refractivity contribution is 5.69. The molecule has 12 nitrogen and oxygen atoms in total. The summed E-state index contributed by atoms with van der Waals surface area (Å²) in [5, 5.41) is 17.0. The third kappa shape index (κ3) is 5.05. The van der Waals surface area contributed by atoms with Crippen LogP contribution in [0.5, 0.6) is 0 Å². The molecule has 0 bridgehead atoms. The zero-order valence-electron chi connectivity index (χ0n) is 18.7. The van der Waals surface area contributed by atoms with E-state index in [1.54, 1.807) is 47.2 Å². The number of esters is 1. The number of amides is 1. The summed E-state index contributed by atoms with van der Waals surface area (Å²) in [5.74, 6) is -0.109. The summed E-state index contributed by atoms with van der Waals surface area (Å²) in [6, 6.07) is 7.22. The number of hydrogen-bond donors (Lipinski definition) is 1. The number of carboxylic acid groups (broad SMARTS) is 1. The van der Waals surface area contributed by atoms with E-state index in [4.69, 9.17) is 4.74 Å². The molecule has 0 atom stereocenters. The number of aromatic nitrogens is 5. The van der Waals surface area contributed by atoms with Gasteiger partial charge in [0.05, 0.1) is 36.8 Å². The number of anilines is 1. The zero-order chi connectivity index (χ0) is 24.1. The van der Waals surface area contributed by atoms with E-state index in [0.717, 1.165) is 5.69 Å². The molecule has 4 rings (SSSR count). The van der Waals surface area contributed by atoms with Crippen molar-refractivity contribution >= 4 is 17.9 Å². The van der Waals surface area contributed by atoms with E-state index in [1.165, 1.54) is 9.47 Å². The van der Waals surface area contributed by atoms with Crippen LogP contribution < -0.4 is 10.5 Å². The van der Waals surface area contributed by atoms with Gasteiger partial charge in [-0.25, -0.2) is 14.5 Å². The highest BCUT2D eigenvalue weighted by Gasteiger charge is 2.24. The van der Waals surface area contributed by atoms with E-state index >= 15 is 0 Å². The summed E-state index contributed by atoms with van der Waals surface area (Å²) < 4.78 is 8.12. The van der Waals surface area contributed by atoms with Gasteiger partial charge in [0.15, 0.2) is 5.82 Å². The highest BCUT2D eigenvalue weighted by atomic mass is 16.5. The number of carbonyl (C=O) groups excluding carboxylic acids is 1. The molecular weight excluding hydrogens is 442 g/mol. The van der Waals surface area contributed by atoms with Crippen LogP contribution >= 0.6 is 0 Å². The van der Waals surface area contributed by atoms with Gasteiger partial charge in [-0.2, -0.15) is 0 Å². The van der Waals surface area contributed by atoms with E-state index in [-0.39, 0.29) is 36.9 Å². The van der Waals surface area contributed by atoms with Crippen LogP contribution in [0.4, 0.5) is 10.6 Å². The van der Waals surface area contributed by atoms with Crippen molar-refractivity contribution in [2.24, 2.45) is 0 Å². The minimum absolute atomic E-state index is 0.135. The lowest BCUT2D eigenvalue weighted by molar-refractivity contribution is -0.143. The molecule has 1 aliphatic heterocycles. The Bertz CT molecular complexity index is 1200. The van der Waals surface area contributed by atoms with E-state index < -0.39 is 6.09 Å². The van der Waals surface area contributed by atoms with E-state index in [0.29, 0.717) is 37.5 Å². The number of ether oxygens (including phenoxy) is 1. The summed E-state index contributed by atoms with van der Waals surface area (Å²) in [6.45, 7) is 3.28. The van der Waals surface area contributed by atoms with Gasteiger partial charge < -0.3 is 19.6 Å². The number of rotatable bonds is 7. The molecule has 34 heavy (non-hydrogen) atoms. The summed E-state index contributed by atoms with van der Waals surface area (Å²) in [4.78, 5) is 44.2. The molecular formula is C22H25N7O5. The summed E-state index contributed by atoms with van der Waals surface area (Å²) >= 11 is 0. The van der Waals surface area contributed by atoms with Crippen LogP contribution in [0.3, 0.4) is 0 Å². The van der Waals surface area contributed by atoms with Crippen LogP contribution in [-0.4, -0.2) is 79.4 Å². The zero-order valence-corrected chi connectivity index (χ0v) is 18.7. The number of nitrogens with zero attached hydrogens (tertiary/aromatic N) is 7. The monoisotopic (exact) mass is 467 g/mol. The predicted molar refractivity (Wildman–Crippen MR) is 122 cm³/mol. The Morgan fingerprint density at radius 1 is 1.09 bits per heavy atom. The molecule has 3 aromatic rings. The fraction of sp³-hybridized carbons (Fsp3) is 0.364. The molecule has 0 aliphatic carbocycles. The van der Waals surface area contributed by atoms with Gasteiger partial charge in [-0.3, -0.25) is 14.2 Å². The standard InChI is InChI=1S/C22H25N7O5/c1-2-34-19(30)8-3-16-15-28(17-4-6-18(7-5-17)29-10-9-23-25-29)21(31)20(24-16)26-11-13-27(14-12-26)22(32)33/h4-7,9-10,15H,2-3,8,11-14H2,1H3,(H,32,33). The first kappa shape index (κ1) is 23.0. The minimum atomic E-state index is -0.985. The molecule has 178 valence electrons. The van der Waals surface area contributed by atoms with E-state index in [1.807, 2.05) is 12.1 Å². The molecule has 3 heterocycles. The first-order valence-electron chi connectivity index (χ1n) is 10.9. The molecule has 1 aliphatic rings. The lowest BCUT2D eigenvalue weighted by Gasteiger charge is -2.33. The average Bonchev–Trinajstić information content (AvgIpc) is 3.39. The van der Waals surface area contributed by atoms with Crippen molar-refractivity contribution in [3.63, 3.8) is 0 Å². The van der Waals surface area contributed by atoms with Crippen molar-refractivity contribution < 1.29 is 19.4 Å². The molecule has 2 aromatic heterocycles. The Hall–Kier alpha value is -4.22. The second-order valence-corrected chi connectivity index (χ2v) is 7.66. The Morgan fingerprint density at radius 3 is 2.41 bits per heavy atom. The maximum atomic E-state index is 13.4. The average molecular weight is 467 g/mol. The second-order valence-electron chi connectivity index (χ2n) is 7.66. The minimum Gasteiger partial charge on any atom is -0.466 e. The third-order valence-corrected chi connectivity index (χ3v) is 5.49. The van der Waals surface area contributed by atoms with Crippen molar-refractivity contribution in [1.29, 1.82) is 0 Å². The molecule has 1 saturated heterocycles. The molecule has 0 unspecified atom stereocenters. The maximum absolute atomic E-state index is 13.4. The van der Waals surface area contributed by atoms with Crippen LogP contribution in [0.15, 0.2) is 47.7 Å². The molecule has 1 aromatic carbocycles. The smallest absolute Gasteiger partial charge is 0.407 e. The van der Waals surface area contributed by atoms with Gasteiger partial charge in [-0.05, 0) is 31.2 Å². The first-order valence-corrected chi connectivity index (χ1v) is 10.9. The molecule has 1 amide bonds. The van der Waals surface area contributed by atoms with Crippen molar-refractivity contribution in [1.82, 2.24) is 29.4 Å². The van der Waals surface area contributed by atoms with E-state index in [9.17, 15) is 19.5 Å². The van der Waals surface area contributed by atoms with Gasteiger partial charge in [0.1, 0.15) is 0 Å². The number of benzene rings is 1. The molecule has 1 N–H and O–H groups in total. The number of carbonyl (C=O) groups is 2. The summed E-state index contributed by atoms with van der Waals surface area (Å²) in [5.41, 5.74) is 1.65. The Labute approximate surface area is 195 Å².